The minimum absolute atomic E-state index is 0.108. The van der Waals surface area contributed by atoms with Gasteiger partial charge in [0.2, 0.25) is 5.09 Å². The summed E-state index contributed by atoms with van der Waals surface area (Å²) >= 11 is 0. The van der Waals surface area contributed by atoms with Gasteiger partial charge in [-0.1, -0.05) is 0 Å². The van der Waals surface area contributed by atoms with Gasteiger partial charge in [-0.05, 0) is 38.0 Å². The number of nitrogens with zero attached hydrogens (tertiary/aromatic N) is 1. The number of benzene rings is 1. The van der Waals surface area contributed by atoms with E-state index in [1.54, 1.807) is 0 Å². The van der Waals surface area contributed by atoms with Gasteiger partial charge in [-0.3, -0.25) is 4.79 Å². The number of halogens is 1. The summed E-state index contributed by atoms with van der Waals surface area (Å²) in [5, 5.41) is 9.28. The van der Waals surface area contributed by atoms with Gasteiger partial charge in [-0.2, -0.15) is 4.31 Å². The summed E-state index contributed by atoms with van der Waals surface area (Å²) in [7, 11) is -4.10. The number of carboxylic acids is 1. The molecule has 1 saturated heterocycles. The molecule has 1 N–H and O–H groups in total. The third-order valence-corrected chi connectivity index (χ3v) is 5.91. The molecule has 118 valence electrons. The van der Waals surface area contributed by atoms with E-state index >= 15 is 0 Å². The van der Waals surface area contributed by atoms with Crippen LogP contribution in [0.2, 0.25) is 0 Å². The predicted octanol–water partition coefficient (Wildman–Crippen LogP) is 2.20. The number of carboxylic acid groups (broad SMARTS) is 1. The second-order valence-corrected chi connectivity index (χ2v) is 7.30. The standard InChI is InChI=1S/C14H14FNO5S/c1-14(13(17)18)5-2-6-16(14)22(19,20)12-8-9-7-10(15)3-4-11(9)21-12/h3-4,7-8H,2,5-6H2,1H3,(H,17,18)/t14-/m0/s1. The van der Waals surface area contributed by atoms with Crippen LogP contribution in [0.15, 0.2) is 33.8 Å². The molecule has 0 radical (unpaired) electrons. The molecule has 1 fully saturated rings. The van der Waals surface area contributed by atoms with Gasteiger partial charge in [0.05, 0.1) is 0 Å². The first-order valence-corrected chi connectivity index (χ1v) is 8.14. The van der Waals surface area contributed by atoms with Crippen LogP contribution in [0.5, 0.6) is 0 Å². The topological polar surface area (TPSA) is 87.8 Å². The molecular weight excluding hydrogens is 313 g/mol. The Bertz CT molecular complexity index is 859. The second kappa shape index (κ2) is 4.79. The number of sulfonamides is 1. The summed E-state index contributed by atoms with van der Waals surface area (Å²) in [5.74, 6) is -1.70. The Morgan fingerprint density at radius 3 is 2.82 bits per heavy atom. The maximum atomic E-state index is 13.2. The molecule has 1 aliphatic rings. The Hall–Kier alpha value is -1.93. The van der Waals surface area contributed by atoms with Gasteiger partial charge in [0.25, 0.3) is 10.0 Å². The number of furan rings is 1. The molecule has 3 rings (SSSR count). The lowest BCUT2D eigenvalue weighted by molar-refractivity contribution is -0.146. The highest BCUT2D eigenvalue weighted by molar-refractivity contribution is 7.89. The molecule has 0 amide bonds. The number of aliphatic carboxylic acids is 1. The molecule has 1 atom stereocenters. The Labute approximate surface area is 126 Å². The molecule has 1 aromatic heterocycles. The van der Waals surface area contributed by atoms with Gasteiger partial charge in [-0.15, -0.1) is 0 Å². The van der Waals surface area contributed by atoms with E-state index in [0.717, 1.165) is 10.4 Å². The first-order valence-electron chi connectivity index (χ1n) is 6.70. The Morgan fingerprint density at radius 1 is 1.41 bits per heavy atom. The van der Waals surface area contributed by atoms with E-state index in [1.165, 1.54) is 25.1 Å². The van der Waals surface area contributed by atoms with Crippen molar-refractivity contribution < 1.29 is 27.1 Å². The highest BCUT2D eigenvalue weighted by Gasteiger charge is 2.50. The number of rotatable bonds is 3. The molecule has 0 aliphatic carbocycles. The van der Waals surface area contributed by atoms with Crippen LogP contribution in [0, 0.1) is 5.82 Å². The summed E-state index contributed by atoms with van der Waals surface area (Å²) in [6.07, 6.45) is 0.688. The zero-order valence-corrected chi connectivity index (χ0v) is 12.6. The fourth-order valence-corrected chi connectivity index (χ4v) is 4.52. The van der Waals surface area contributed by atoms with Crippen molar-refractivity contribution >= 4 is 27.0 Å². The number of hydrogen-bond acceptors (Lipinski definition) is 4. The van der Waals surface area contributed by atoms with Crippen molar-refractivity contribution in [3.05, 3.63) is 30.1 Å². The van der Waals surface area contributed by atoms with Crippen molar-refractivity contribution in [2.75, 3.05) is 6.54 Å². The van der Waals surface area contributed by atoms with Crippen LogP contribution in [-0.4, -0.2) is 35.9 Å². The summed E-state index contributed by atoms with van der Waals surface area (Å²) in [6.45, 7) is 1.48. The molecule has 22 heavy (non-hydrogen) atoms. The lowest BCUT2D eigenvalue weighted by Crippen LogP contribution is -2.50. The third kappa shape index (κ3) is 2.10. The lowest BCUT2D eigenvalue weighted by atomic mass is 10.0. The largest absolute Gasteiger partial charge is 0.480 e. The minimum Gasteiger partial charge on any atom is -0.480 e. The minimum atomic E-state index is -4.10. The molecule has 0 saturated carbocycles. The molecule has 2 aromatic rings. The Morgan fingerprint density at radius 2 is 2.14 bits per heavy atom. The maximum Gasteiger partial charge on any atom is 0.324 e. The van der Waals surface area contributed by atoms with E-state index in [9.17, 15) is 22.7 Å². The SMILES string of the molecule is C[C@@]1(C(=O)O)CCCN1S(=O)(=O)c1cc2cc(F)ccc2o1. The fourth-order valence-electron chi connectivity index (χ4n) is 2.76. The Balaban J connectivity index is 2.10. The molecule has 0 bridgehead atoms. The van der Waals surface area contributed by atoms with E-state index in [4.69, 9.17) is 4.42 Å². The van der Waals surface area contributed by atoms with Crippen molar-refractivity contribution in [3.8, 4) is 0 Å². The summed E-state index contributed by atoms with van der Waals surface area (Å²) in [5.41, 5.74) is -1.26. The molecule has 1 aromatic carbocycles. The second-order valence-electron chi connectivity index (χ2n) is 5.51. The average Bonchev–Trinajstić information content (AvgIpc) is 3.03. The van der Waals surface area contributed by atoms with Crippen LogP contribution in [0.4, 0.5) is 4.39 Å². The zero-order valence-electron chi connectivity index (χ0n) is 11.7. The van der Waals surface area contributed by atoms with Crippen LogP contribution in [0.25, 0.3) is 11.0 Å². The van der Waals surface area contributed by atoms with Gasteiger partial charge in [-0.25, -0.2) is 12.8 Å². The van der Waals surface area contributed by atoms with E-state index in [2.05, 4.69) is 0 Å². The molecule has 1 aliphatic heterocycles. The van der Waals surface area contributed by atoms with Crippen LogP contribution in [0.3, 0.4) is 0 Å². The van der Waals surface area contributed by atoms with Crippen LogP contribution >= 0.6 is 0 Å². The number of fused-ring (bicyclic) bond motifs is 1. The normalized spacial score (nSPS) is 23.2. The molecule has 6 nitrogen and oxygen atoms in total. The van der Waals surface area contributed by atoms with Crippen LogP contribution in [0.1, 0.15) is 19.8 Å². The Kier molecular flexibility index (Phi) is 3.26. The summed E-state index contributed by atoms with van der Waals surface area (Å²) in [4.78, 5) is 11.4. The molecule has 8 heteroatoms. The molecule has 2 heterocycles. The highest BCUT2D eigenvalue weighted by atomic mass is 32.2. The summed E-state index contributed by atoms with van der Waals surface area (Å²) < 4.78 is 44.8. The zero-order chi connectivity index (χ0) is 16.1. The van der Waals surface area contributed by atoms with Gasteiger partial charge in [0, 0.05) is 18.0 Å². The van der Waals surface area contributed by atoms with Gasteiger partial charge < -0.3 is 9.52 Å². The van der Waals surface area contributed by atoms with Crippen LogP contribution in [-0.2, 0) is 14.8 Å². The van der Waals surface area contributed by atoms with E-state index in [-0.39, 0.29) is 23.6 Å². The number of carbonyl (C=O) groups is 1. The summed E-state index contributed by atoms with van der Waals surface area (Å²) in [6, 6.07) is 4.88. The third-order valence-electron chi connectivity index (χ3n) is 4.04. The van der Waals surface area contributed by atoms with Crippen LogP contribution < -0.4 is 0 Å². The van der Waals surface area contributed by atoms with Crippen molar-refractivity contribution in [1.29, 1.82) is 0 Å². The van der Waals surface area contributed by atoms with Crippen molar-refractivity contribution in [2.24, 2.45) is 0 Å². The fraction of sp³-hybridized carbons (Fsp3) is 0.357. The van der Waals surface area contributed by atoms with E-state index < -0.39 is 27.3 Å². The van der Waals surface area contributed by atoms with Gasteiger partial charge >= 0.3 is 5.97 Å². The smallest absolute Gasteiger partial charge is 0.324 e. The predicted molar refractivity (Wildman–Crippen MR) is 75.3 cm³/mol. The van der Waals surface area contributed by atoms with Crippen molar-refractivity contribution in [2.45, 2.75) is 30.4 Å². The van der Waals surface area contributed by atoms with Gasteiger partial charge in [0.1, 0.15) is 16.9 Å². The maximum absolute atomic E-state index is 13.2. The first kappa shape index (κ1) is 15.0. The van der Waals surface area contributed by atoms with E-state index in [1.807, 2.05) is 0 Å². The molecule has 0 unspecified atom stereocenters. The quantitative estimate of drug-likeness (QED) is 0.934. The highest BCUT2D eigenvalue weighted by Crippen LogP contribution is 2.36. The molecular formula is C14H14FNO5S. The average molecular weight is 327 g/mol. The number of hydrogen-bond donors (Lipinski definition) is 1. The van der Waals surface area contributed by atoms with E-state index in [0.29, 0.717) is 11.8 Å². The van der Waals surface area contributed by atoms with Crippen molar-refractivity contribution in [1.82, 2.24) is 4.31 Å². The molecule has 0 spiro atoms. The first-order chi connectivity index (χ1) is 10.2. The monoisotopic (exact) mass is 327 g/mol. The van der Waals surface area contributed by atoms with Crippen molar-refractivity contribution in [3.63, 3.8) is 0 Å². The lowest BCUT2D eigenvalue weighted by Gasteiger charge is -2.29. The van der Waals surface area contributed by atoms with Gasteiger partial charge in [0.15, 0.2) is 0 Å².